The van der Waals surface area contributed by atoms with Gasteiger partial charge in [-0.1, -0.05) is 18.2 Å². The summed E-state index contributed by atoms with van der Waals surface area (Å²) in [6, 6.07) is 0. The quantitative estimate of drug-likeness (QED) is 0.352. The summed E-state index contributed by atoms with van der Waals surface area (Å²) < 4.78 is 51.1. The number of aryl methyl sites for hydroxylation is 1. The van der Waals surface area contributed by atoms with Crippen LogP contribution >= 0.6 is 0 Å². The Balaban J connectivity index is 1.08. The van der Waals surface area contributed by atoms with E-state index < -0.39 is 11.7 Å². The van der Waals surface area contributed by atoms with E-state index in [1.54, 1.807) is 12.4 Å². The number of unbranched alkanes of at least 4 members (excludes halogenated alkanes) is 1. The second kappa shape index (κ2) is 11.2. The third-order valence-corrected chi connectivity index (χ3v) is 5.81. The monoisotopic (exact) mass is 481 g/mol. The first-order chi connectivity index (χ1) is 16.4. The molecule has 34 heavy (non-hydrogen) atoms. The molecule has 0 amide bonds. The summed E-state index contributed by atoms with van der Waals surface area (Å²) in [7, 11) is 0. The molecule has 9 nitrogen and oxygen atoms in total. The lowest BCUT2D eigenvalue weighted by molar-refractivity contribution is -0.0889. The molecular weight excluding hydrogens is 451 g/mol. The fraction of sp³-hybridized carbons (Fsp3) is 0.591. The zero-order valence-electron chi connectivity index (χ0n) is 18.9. The first-order valence-electron chi connectivity index (χ1n) is 11.5. The molecule has 0 radical (unpaired) electrons. The van der Waals surface area contributed by atoms with Gasteiger partial charge in [-0.15, -0.1) is 0 Å². The van der Waals surface area contributed by atoms with Crippen molar-refractivity contribution >= 4 is 22.9 Å². The fourth-order valence-electron chi connectivity index (χ4n) is 3.82. The van der Waals surface area contributed by atoms with Gasteiger partial charge in [0.1, 0.15) is 12.3 Å². The van der Waals surface area contributed by atoms with Gasteiger partial charge in [0.15, 0.2) is 11.5 Å². The summed E-state index contributed by atoms with van der Waals surface area (Å²) in [5.74, 6) is 0.855. The number of anilines is 2. The number of fused-ring (bicyclic) bond motifs is 1. The third-order valence-electron chi connectivity index (χ3n) is 5.81. The molecule has 1 saturated heterocycles. The molecule has 2 aromatic heterocycles. The van der Waals surface area contributed by atoms with E-state index in [2.05, 4.69) is 25.2 Å². The zero-order valence-corrected chi connectivity index (χ0v) is 18.9. The largest absolute Gasteiger partial charge is 0.416 e. The van der Waals surface area contributed by atoms with E-state index in [0.29, 0.717) is 36.9 Å². The van der Waals surface area contributed by atoms with Crippen molar-refractivity contribution < 1.29 is 22.6 Å². The first kappa shape index (κ1) is 24.4. The standard InChI is InChI=1S/C22H30F3N7O2/c23-22(24,25)17-6-3-5-16(11-17)12-27-14-34-15-33-10-2-1-7-32-13-28-18-19(26)29-21(30-20(18)32)31-8-4-9-31/h3,6,11,13,16,27H,1-2,4-5,7-10,12,14-15H2,(H2,26,29,30). The van der Waals surface area contributed by atoms with Gasteiger partial charge in [0.25, 0.3) is 0 Å². The molecule has 1 atom stereocenters. The third kappa shape index (κ3) is 6.24. The molecule has 0 spiro atoms. The minimum Gasteiger partial charge on any atom is -0.382 e. The van der Waals surface area contributed by atoms with Crippen LogP contribution in [-0.4, -0.2) is 65.5 Å². The summed E-state index contributed by atoms with van der Waals surface area (Å²) >= 11 is 0. The number of allylic oxidation sites excluding steroid dienone is 3. The van der Waals surface area contributed by atoms with Crippen molar-refractivity contribution in [3.63, 3.8) is 0 Å². The van der Waals surface area contributed by atoms with Gasteiger partial charge in [-0.2, -0.15) is 23.1 Å². The Morgan fingerprint density at radius 3 is 2.79 bits per heavy atom. The van der Waals surface area contributed by atoms with Gasteiger partial charge in [0.2, 0.25) is 5.95 Å². The van der Waals surface area contributed by atoms with Crippen LogP contribution in [0.3, 0.4) is 0 Å². The van der Waals surface area contributed by atoms with Crippen molar-refractivity contribution in [2.24, 2.45) is 5.92 Å². The molecule has 1 aliphatic heterocycles. The van der Waals surface area contributed by atoms with E-state index in [0.717, 1.165) is 50.6 Å². The van der Waals surface area contributed by atoms with Crippen LogP contribution in [0, 0.1) is 5.92 Å². The van der Waals surface area contributed by atoms with E-state index >= 15 is 0 Å². The van der Waals surface area contributed by atoms with Crippen LogP contribution < -0.4 is 16.0 Å². The summed E-state index contributed by atoms with van der Waals surface area (Å²) in [6.45, 7) is 3.92. The van der Waals surface area contributed by atoms with Crippen LogP contribution in [0.25, 0.3) is 11.2 Å². The molecule has 186 valence electrons. The SMILES string of the molecule is Nc1nc(N2CCC2)nc2c1ncn2CCCCOCOCNCC1C=C(C(F)(F)F)C=CC1. The van der Waals surface area contributed by atoms with E-state index in [4.69, 9.17) is 15.2 Å². The predicted molar refractivity (Wildman–Crippen MR) is 122 cm³/mol. The molecule has 1 unspecified atom stereocenters. The summed E-state index contributed by atoms with van der Waals surface area (Å²) in [5, 5.41) is 3.01. The number of nitrogens with two attached hydrogens (primary N) is 1. The first-order valence-corrected chi connectivity index (χ1v) is 11.5. The smallest absolute Gasteiger partial charge is 0.382 e. The van der Waals surface area contributed by atoms with Crippen molar-refractivity contribution in [1.29, 1.82) is 0 Å². The molecule has 4 rings (SSSR count). The fourth-order valence-corrected chi connectivity index (χ4v) is 3.82. The average molecular weight is 482 g/mol. The van der Waals surface area contributed by atoms with E-state index in [-0.39, 0.29) is 19.4 Å². The second-order valence-corrected chi connectivity index (χ2v) is 8.41. The van der Waals surface area contributed by atoms with Crippen molar-refractivity contribution in [2.45, 2.75) is 38.4 Å². The number of hydrogen-bond donors (Lipinski definition) is 2. The Labute approximate surface area is 195 Å². The lowest BCUT2D eigenvalue weighted by Crippen LogP contribution is -2.38. The maximum absolute atomic E-state index is 12.8. The highest BCUT2D eigenvalue weighted by atomic mass is 19.4. The van der Waals surface area contributed by atoms with Gasteiger partial charge < -0.3 is 24.7 Å². The average Bonchev–Trinajstić information content (AvgIpc) is 3.17. The minimum absolute atomic E-state index is 0.123. The molecular formula is C22H30F3N7O2. The molecule has 0 saturated carbocycles. The van der Waals surface area contributed by atoms with Crippen molar-refractivity contribution in [3.05, 3.63) is 30.1 Å². The lowest BCUT2D eigenvalue weighted by Gasteiger charge is -2.30. The highest BCUT2D eigenvalue weighted by molar-refractivity contribution is 5.83. The van der Waals surface area contributed by atoms with Gasteiger partial charge in [-0.3, -0.25) is 5.32 Å². The van der Waals surface area contributed by atoms with Crippen LogP contribution in [0.2, 0.25) is 0 Å². The van der Waals surface area contributed by atoms with Gasteiger partial charge in [-0.05, 0) is 31.6 Å². The molecule has 1 aliphatic carbocycles. The number of hydrogen-bond acceptors (Lipinski definition) is 8. The number of nitrogen functional groups attached to an aromatic ring is 1. The molecule has 0 bridgehead atoms. The van der Waals surface area contributed by atoms with Gasteiger partial charge >= 0.3 is 6.18 Å². The molecule has 1 fully saturated rings. The molecule has 2 aliphatic rings. The maximum Gasteiger partial charge on any atom is 0.416 e. The number of imidazole rings is 1. The number of halogens is 3. The van der Waals surface area contributed by atoms with Crippen molar-refractivity contribution in [3.8, 4) is 0 Å². The minimum atomic E-state index is -4.30. The van der Waals surface area contributed by atoms with E-state index in [1.165, 1.54) is 6.08 Å². The highest BCUT2D eigenvalue weighted by Gasteiger charge is 2.33. The van der Waals surface area contributed by atoms with Crippen LogP contribution in [-0.2, 0) is 16.0 Å². The van der Waals surface area contributed by atoms with E-state index in [9.17, 15) is 13.2 Å². The maximum atomic E-state index is 12.8. The number of nitrogens with zero attached hydrogens (tertiary/aromatic N) is 5. The lowest BCUT2D eigenvalue weighted by atomic mass is 9.96. The number of rotatable bonds is 12. The van der Waals surface area contributed by atoms with Crippen LogP contribution in [0.15, 0.2) is 30.1 Å². The molecule has 2 aromatic rings. The molecule has 3 N–H and O–H groups in total. The Hall–Kier alpha value is -2.70. The number of ether oxygens (including phenoxy) is 2. The normalized spacial score (nSPS) is 18.4. The van der Waals surface area contributed by atoms with Gasteiger partial charge in [-0.25, -0.2) is 4.98 Å². The summed E-state index contributed by atoms with van der Waals surface area (Å²) in [5.41, 5.74) is 6.83. The van der Waals surface area contributed by atoms with Crippen molar-refractivity contribution in [1.82, 2.24) is 24.8 Å². The Bertz CT molecular complexity index is 1020. The molecule has 0 aromatic carbocycles. The molecule has 12 heteroatoms. The van der Waals surface area contributed by atoms with Crippen LogP contribution in [0.5, 0.6) is 0 Å². The van der Waals surface area contributed by atoms with E-state index in [1.807, 2.05) is 4.57 Å². The Morgan fingerprint density at radius 1 is 1.18 bits per heavy atom. The van der Waals surface area contributed by atoms with Crippen molar-refractivity contribution in [2.75, 3.05) is 50.4 Å². The van der Waals surface area contributed by atoms with Gasteiger partial charge in [0, 0.05) is 32.8 Å². The number of alkyl halides is 3. The zero-order chi connectivity index (χ0) is 24.0. The summed E-state index contributed by atoms with van der Waals surface area (Å²) in [6.07, 6.45) is 4.79. The predicted octanol–water partition coefficient (Wildman–Crippen LogP) is 3.00. The molecule has 3 heterocycles. The Morgan fingerprint density at radius 2 is 2.03 bits per heavy atom. The topological polar surface area (TPSA) is 103 Å². The summed E-state index contributed by atoms with van der Waals surface area (Å²) in [4.78, 5) is 15.4. The van der Waals surface area contributed by atoms with Gasteiger partial charge in [0.05, 0.1) is 18.6 Å². The Kier molecular flexibility index (Phi) is 8.01. The number of nitrogens with one attached hydrogen (secondary N) is 1. The highest BCUT2D eigenvalue weighted by Crippen LogP contribution is 2.31. The second-order valence-electron chi connectivity index (χ2n) is 8.41. The van der Waals surface area contributed by atoms with Crippen LogP contribution in [0.1, 0.15) is 25.7 Å². The number of aromatic nitrogens is 4. The van der Waals surface area contributed by atoms with Crippen LogP contribution in [0.4, 0.5) is 24.9 Å².